The topological polar surface area (TPSA) is 77.5 Å². The van der Waals surface area contributed by atoms with Crippen LogP contribution in [0, 0.1) is 0 Å². The maximum Gasteiger partial charge on any atom is 0.413 e. The van der Waals surface area contributed by atoms with Crippen molar-refractivity contribution in [2.75, 3.05) is 11.9 Å². The van der Waals surface area contributed by atoms with Crippen molar-refractivity contribution in [1.82, 2.24) is 4.98 Å². The number of ether oxygens (including phenoxy) is 2. The van der Waals surface area contributed by atoms with E-state index in [4.69, 9.17) is 9.47 Å². The van der Waals surface area contributed by atoms with Gasteiger partial charge in [0.2, 0.25) is 0 Å². The van der Waals surface area contributed by atoms with Gasteiger partial charge in [0, 0.05) is 5.38 Å². The van der Waals surface area contributed by atoms with Crippen molar-refractivity contribution in [3.63, 3.8) is 0 Å². The molecule has 0 unspecified atom stereocenters. The third-order valence-electron chi connectivity index (χ3n) is 2.29. The highest BCUT2D eigenvalue weighted by Gasteiger charge is 2.19. The van der Waals surface area contributed by atoms with Crippen molar-refractivity contribution in [1.29, 1.82) is 0 Å². The lowest BCUT2D eigenvalue weighted by Crippen LogP contribution is -2.27. The third-order valence-corrected chi connectivity index (χ3v) is 3.05. The molecule has 0 radical (unpaired) electrons. The molecule has 0 bridgehead atoms. The van der Waals surface area contributed by atoms with Crippen LogP contribution in [0.15, 0.2) is 11.5 Å². The van der Waals surface area contributed by atoms with Crippen molar-refractivity contribution in [3.05, 3.63) is 17.2 Å². The Labute approximate surface area is 134 Å². The van der Waals surface area contributed by atoms with Gasteiger partial charge < -0.3 is 9.47 Å². The summed E-state index contributed by atoms with van der Waals surface area (Å²) in [5.41, 5.74) is 0.303. The Morgan fingerprint density at radius 2 is 2.05 bits per heavy atom. The van der Waals surface area contributed by atoms with Crippen LogP contribution in [0.5, 0.6) is 0 Å². The lowest BCUT2D eigenvalue weighted by atomic mass is 10.2. The van der Waals surface area contributed by atoms with E-state index in [2.05, 4.69) is 10.3 Å². The highest BCUT2D eigenvalue weighted by molar-refractivity contribution is 7.14. The van der Waals surface area contributed by atoms with Crippen molar-refractivity contribution < 1.29 is 19.1 Å². The summed E-state index contributed by atoms with van der Waals surface area (Å²) in [5, 5.41) is 4.62. The highest BCUT2D eigenvalue weighted by Crippen LogP contribution is 2.23. The lowest BCUT2D eigenvalue weighted by Gasteiger charge is -2.18. The minimum atomic E-state index is -0.581. The number of anilines is 1. The Kier molecular flexibility index (Phi) is 6.55. The predicted octanol–water partition coefficient (Wildman–Crippen LogP) is 3.85. The summed E-state index contributed by atoms with van der Waals surface area (Å²) in [6, 6.07) is 0. The molecule has 0 spiro atoms. The van der Waals surface area contributed by atoms with Crippen LogP contribution in [-0.4, -0.2) is 29.3 Å². The Balaban J connectivity index is 2.83. The molecule has 0 aliphatic carbocycles. The molecule has 1 rings (SSSR count). The molecule has 0 fully saturated rings. The molecule has 1 N–H and O–H groups in total. The number of carbonyl (C=O) groups excluding carboxylic acids is 2. The zero-order valence-corrected chi connectivity index (χ0v) is 14.4. The second-order valence-corrected chi connectivity index (χ2v) is 6.27. The maximum atomic E-state index is 11.9. The van der Waals surface area contributed by atoms with Crippen LogP contribution in [-0.2, 0) is 14.3 Å². The van der Waals surface area contributed by atoms with Crippen molar-refractivity contribution in [2.24, 2.45) is 0 Å². The van der Waals surface area contributed by atoms with Gasteiger partial charge in [-0.1, -0.05) is 13.0 Å². The van der Waals surface area contributed by atoms with Crippen LogP contribution < -0.4 is 5.32 Å². The van der Waals surface area contributed by atoms with E-state index in [-0.39, 0.29) is 0 Å². The number of thiazole rings is 1. The standard InChI is InChI=1S/C15H22N2O4S/c1-6-8-10(12(18)20-7-2)11-9-22-13(16-11)17-14(19)21-15(3,4)5/h8-9H,6-7H2,1-5H3,(H,16,17,19). The lowest BCUT2D eigenvalue weighted by molar-refractivity contribution is -0.136. The van der Waals surface area contributed by atoms with Gasteiger partial charge in [-0.15, -0.1) is 11.3 Å². The molecule has 1 aromatic rings. The van der Waals surface area contributed by atoms with Gasteiger partial charge in [0.1, 0.15) is 5.60 Å². The molecule has 0 saturated heterocycles. The molecule has 1 amide bonds. The first-order valence-corrected chi connectivity index (χ1v) is 7.98. The molecule has 122 valence electrons. The molecule has 6 nitrogen and oxygen atoms in total. The van der Waals surface area contributed by atoms with E-state index in [0.717, 1.165) is 0 Å². The zero-order chi connectivity index (χ0) is 16.8. The second kappa shape index (κ2) is 7.93. The summed E-state index contributed by atoms with van der Waals surface area (Å²) >= 11 is 1.22. The van der Waals surface area contributed by atoms with Gasteiger partial charge in [-0.25, -0.2) is 14.6 Å². The fourth-order valence-electron chi connectivity index (χ4n) is 1.55. The van der Waals surface area contributed by atoms with E-state index in [9.17, 15) is 9.59 Å². The normalized spacial score (nSPS) is 12.0. The molecule has 0 aliphatic rings. The minimum Gasteiger partial charge on any atom is -0.462 e. The maximum absolute atomic E-state index is 11.9. The van der Waals surface area contributed by atoms with E-state index in [1.165, 1.54) is 11.3 Å². The number of amides is 1. The van der Waals surface area contributed by atoms with Crippen LogP contribution in [0.2, 0.25) is 0 Å². The SMILES string of the molecule is CCC=C(C(=O)OCC)c1csc(NC(=O)OC(C)(C)C)n1. The Morgan fingerprint density at radius 1 is 1.36 bits per heavy atom. The Morgan fingerprint density at radius 3 is 2.59 bits per heavy atom. The Bertz CT molecular complexity index is 558. The third kappa shape index (κ3) is 5.85. The molecule has 0 saturated carbocycles. The fraction of sp³-hybridized carbons (Fsp3) is 0.533. The van der Waals surface area contributed by atoms with Crippen LogP contribution in [0.25, 0.3) is 5.57 Å². The number of rotatable bonds is 5. The summed E-state index contributed by atoms with van der Waals surface area (Å²) in [6.45, 7) is 9.31. The van der Waals surface area contributed by atoms with E-state index in [0.29, 0.717) is 29.4 Å². The number of nitrogens with one attached hydrogen (secondary N) is 1. The first-order valence-electron chi connectivity index (χ1n) is 7.10. The quantitative estimate of drug-likeness (QED) is 0.657. The summed E-state index contributed by atoms with van der Waals surface area (Å²) < 4.78 is 10.2. The number of aromatic nitrogens is 1. The molecule has 1 heterocycles. The smallest absolute Gasteiger partial charge is 0.413 e. The molecule has 1 aromatic heterocycles. The summed E-state index contributed by atoms with van der Waals surface area (Å²) in [7, 11) is 0. The van der Waals surface area contributed by atoms with Crippen LogP contribution in [0.4, 0.5) is 9.93 Å². The highest BCUT2D eigenvalue weighted by atomic mass is 32.1. The largest absolute Gasteiger partial charge is 0.462 e. The van der Waals surface area contributed by atoms with E-state index in [1.54, 1.807) is 39.2 Å². The van der Waals surface area contributed by atoms with Gasteiger partial charge in [-0.2, -0.15) is 0 Å². The van der Waals surface area contributed by atoms with E-state index >= 15 is 0 Å². The fourth-order valence-corrected chi connectivity index (χ4v) is 2.25. The first-order chi connectivity index (χ1) is 10.3. The average Bonchev–Trinajstić information content (AvgIpc) is 2.81. The number of esters is 1. The minimum absolute atomic E-state index is 0.299. The van der Waals surface area contributed by atoms with Crippen molar-refractivity contribution in [2.45, 2.75) is 46.6 Å². The molecule has 22 heavy (non-hydrogen) atoms. The van der Waals surface area contributed by atoms with Gasteiger partial charge in [0.25, 0.3) is 0 Å². The number of allylic oxidation sites excluding steroid dienone is 1. The molecule has 0 atom stereocenters. The van der Waals surface area contributed by atoms with Crippen molar-refractivity contribution >= 4 is 34.1 Å². The number of hydrogen-bond donors (Lipinski definition) is 1. The van der Waals surface area contributed by atoms with Gasteiger partial charge in [0.15, 0.2) is 5.13 Å². The second-order valence-electron chi connectivity index (χ2n) is 5.41. The van der Waals surface area contributed by atoms with E-state index < -0.39 is 17.7 Å². The molecular formula is C15H22N2O4S. The number of hydrogen-bond acceptors (Lipinski definition) is 6. The number of nitrogens with zero attached hydrogens (tertiary/aromatic N) is 1. The van der Waals surface area contributed by atoms with Gasteiger partial charge in [-0.05, 0) is 34.1 Å². The monoisotopic (exact) mass is 326 g/mol. The first kappa shape index (κ1) is 18.2. The van der Waals surface area contributed by atoms with E-state index in [1.807, 2.05) is 6.92 Å². The zero-order valence-electron chi connectivity index (χ0n) is 13.6. The molecule has 0 aromatic carbocycles. The van der Waals surface area contributed by atoms with Crippen LogP contribution in [0.3, 0.4) is 0 Å². The predicted molar refractivity (Wildman–Crippen MR) is 86.9 cm³/mol. The number of carbonyl (C=O) groups is 2. The van der Waals surface area contributed by atoms with Gasteiger partial charge in [0.05, 0.1) is 17.9 Å². The summed E-state index contributed by atoms with van der Waals surface area (Å²) in [5.74, 6) is -0.418. The van der Waals surface area contributed by atoms with Crippen LogP contribution in [0.1, 0.15) is 46.7 Å². The molecular weight excluding hydrogens is 304 g/mol. The summed E-state index contributed by atoms with van der Waals surface area (Å²) in [4.78, 5) is 27.9. The summed E-state index contributed by atoms with van der Waals surface area (Å²) in [6.07, 6.45) is 1.86. The van der Waals surface area contributed by atoms with Crippen LogP contribution >= 0.6 is 11.3 Å². The van der Waals surface area contributed by atoms with Crippen molar-refractivity contribution in [3.8, 4) is 0 Å². The van der Waals surface area contributed by atoms with Gasteiger partial charge >= 0.3 is 12.1 Å². The Hall–Kier alpha value is -1.89. The average molecular weight is 326 g/mol. The van der Waals surface area contributed by atoms with Gasteiger partial charge in [-0.3, -0.25) is 5.32 Å². The molecule has 0 aliphatic heterocycles. The molecule has 7 heteroatoms.